The van der Waals surface area contributed by atoms with E-state index in [0.29, 0.717) is 10.3 Å². The van der Waals surface area contributed by atoms with Crippen LogP contribution in [-0.4, -0.2) is 23.0 Å². The molecule has 0 bridgehead atoms. The second-order valence-corrected chi connectivity index (χ2v) is 4.80. The minimum absolute atomic E-state index is 0.683. The molecule has 0 radical (unpaired) electrons. The van der Waals surface area contributed by atoms with Crippen LogP contribution in [0.25, 0.3) is 0 Å². The SMILES string of the molecule is CSC(C)CCNc1ccncc1Cl. The summed E-state index contributed by atoms with van der Waals surface area (Å²) >= 11 is 7.82. The molecular weight excluding hydrogens is 216 g/mol. The lowest BCUT2D eigenvalue weighted by atomic mass is 10.3. The predicted molar refractivity (Wildman–Crippen MR) is 65.3 cm³/mol. The van der Waals surface area contributed by atoms with Crippen LogP contribution in [0.4, 0.5) is 5.69 Å². The van der Waals surface area contributed by atoms with E-state index in [-0.39, 0.29) is 0 Å². The molecule has 0 saturated carbocycles. The first kappa shape index (κ1) is 11.7. The van der Waals surface area contributed by atoms with Gasteiger partial charge in [0.25, 0.3) is 0 Å². The summed E-state index contributed by atoms with van der Waals surface area (Å²) in [6.07, 6.45) is 6.66. The lowest BCUT2D eigenvalue weighted by Gasteiger charge is -2.10. The van der Waals surface area contributed by atoms with Crippen molar-refractivity contribution in [2.75, 3.05) is 18.1 Å². The number of nitrogens with zero attached hydrogens (tertiary/aromatic N) is 1. The molecule has 1 N–H and O–H groups in total. The number of hydrogen-bond acceptors (Lipinski definition) is 3. The van der Waals surface area contributed by atoms with Crippen LogP contribution in [0, 0.1) is 0 Å². The summed E-state index contributed by atoms with van der Waals surface area (Å²) < 4.78 is 0. The quantitative estimate of drug-likeness (QED) is 0.841. The van der Waals surface area contributed by atoms with Gasteiger partial charge in [0.2, 0.25) is 0 Å². The van der Waals surface area contributed by atoms with Gasteiger partial charge in [-0.1, -0.05) is 18.5 Å². The summed E-state index contributed by atoms with van der Waals surface area (Å²) in [4.78, 5) is 3.93. The van der Waals surface area contributed by atoms with Gasteiger partial charge in [0.15, 0.2) is 0 Å². The topological polar surface area (TPSA) is 24.9 Å². The Labute approximate surface area is 94.5 Å². The number of pyridine rings is 1. The fourth-order valence-corrected chi connectivity index (χ4v) is 1.59. The van der Waals surface area contributed by atoms with Gasteiger partial charge >= 0.3 is 0 Å². The van der Waals surface area contributed by atoms with Crippen LogP contribution >= 0.6 is 23.4 Å². The van der Waals surface area contributed by atoms with Gasteiger partial charge in [-0.3, -0.25) is 4.98 Å². The Morgan fingerprint density at radius 3 is 3.07 bits per heavy atom. The zero-order chi connectivity index (χ0) is 10.4. The molecule has 0 saturated heterocycles. The molecule has 0 fully saturated rings. The molecule has 1 heterocycles. The molecule has 14 heavy (non-hydrogen) atoms. The van der Waals surface area contributed by atoms with E-state index in [9.17, 15) is 0 Å². The van der Waals surface area contributed by atoms with E-state index in [1.165, 1.54) is 0 Å². The fourth-order valence-electron chi connectivity index (χ4n) is 1.05. The van der Waals surface area contributed by atoms with Crippen LogP contribution in [0.3, 0.4) is 0 Å². The lowest BCUT2D eigenvalue weighted by molar-refractivity contribution is 0.853. The third kappa shape index (κ3) is 3.76. The molecule has 1 rings (SSSR count). The van der Waals surface area contributed by atoms with E-state index < -0.39 is 0 Å². The number of anilines is 1. The molecule has 0 spiro atoms. The average Bonchev–Trinajstić information content (AvgIpc) is 2.20. The van der Waals surface area contributed by atoms with Crippen molar-refractivity contribution in [2.24, 2.45) is 0 Å². The highest BCUT2D eigenvalue weighted by atomic mass is 35.5. The van der Waals surface area contributed by atoms with Crippen molar-refractivity contribution < 1.29 is 0 Å². The van der Waals surface area contributed by atoms with Gasteiger partial charge in [-0.05, 0) is 18.7 Å². The van der Waals surface area contributed by atoms with Crippen molar-refractivity contribution in [3.8, 4) is 0 Å². The highest BCUT2D eigenvalue weighted by Crippen LogP contribution is 2.19. The second-order valence-electron chi connectivity index (χ2n) is 3.12. The van der Waals surface area contributed by atoms with Crippen molar-refractivity contribution in [3.05, 3.63) is 23.5 Å². The normalized spacial score (nSPS) is 12.5. The van der Waals surface area contributed by atoms with Crippen LogP contribution < -0.4 is 5.32 Å². The molecule has 78 valence electrons. The van der Waals surface area contributed by atoms with Crippen molar-refractivity contribution >= 4 is 29.1 Å². The van der Waals surface area contributed by atoms with Crippen molar-refractivity contribution in [2.45, 2.75) is 18.6 Å². The smallest absolute Gasteiger partial charge is 0.0820 e. The monoisotopic (exact) mass is 230 g/mol. The predicted octanol–water partition coefficient (Wildman–Crippen LogP) is 3.29. The third-order valence-electron chi connectivity index (χ3n) is 2.04. The molecule has 1 atom stereocenters. The average molecular weight is 231 g/mol. The number of hydrogen-bond donors (Lipinski definition) is 1. The number of halogens is 1. The molecule has 0 aliphatic rings. The maximum Gasteiger partial charge on any atom is 0.0820 e. The van der Waals surface area contributed by atoms with Crippen LogP contribution in [0.5, 0.6) is 0 Å². The molecule has 0 amide bonds. The summed E-state index contributed by atoms with van der Waals surface area (Å²) in [6, 6.07) is 1.89. The van der Waals surface area contributed by atoms with Gasteiger partial charge in [0.1, 0.15) is 0 Å². The van der Waals surface area contributed by atoms with Gasteiger partial charge < -0.3 is 5.32 Å². The van der Waals surface area contributed by atoms with Crippen molar-refractivity contribution in [1.29, 1.82) is 0 Å². The third-order valence-corrected chi connectivity index (χ3v) is 3.38. The number of thioether (sulfide) groups is 1. The minimum atomic E-state index is 0.683. The molecular formula is C10H15ClN2S. The number of rotatable bonds is 5. The maximum atomic E-state index is 5.94. The summed E-state index contributed by atoms with van der Waals surface area (Å²) in [7, 11) is 0. The first-order chi connectivity index (χ1) is 6.74. The highest BCUT2D eigenvalue weighted by Gasteiger charge is 2.00. The summed E-state index contributed by atoms with van der Waals surface area (Å²) in [5, 5.41) is 4.66. The minimum Gasteiger partial charge on any atom is -0.384 e. The number of nitrogens with one attached hydrogen (secondary N) is 1. The van der Waals surface area contributed by atoms with E-state index in [2.05, 4.69) is 23.5 Å². The molecule has 0 aliphatic heterocycles. The van der Waals surface area contributed by atoms with Crippen LogP contribution in [0.2, 0.25) is 5.02 Å². The molecule has 0 aliphatic carbocycles. The van der Waals surface area contributed by atoms with Gasteiger partial charge in [-0.25, -0.2) is 0 Å². The first-order valence-corrected chi connectivity index (χ1v) is 6.27. The highest BCUT2D eigenvalue weighted by molar-refractivity contribution is 7.99. The molecule has 1 aromatic rings. The van der Waals surface area contributed by atoms with Gasteiger partial charge in [-0.15, -0.1) is 0 Å². The molecule has 0 aromatic carbocycles. The summed E-state index contributed by atoms with van der Waals surface area (Å²) in [5.41, 5.74) is 0.968. The van der Waals surface area contributed by atoms with E-state index in [4.69, 9.17) is 11.6 Å². The maximum absolute atomic E-state index is 5.94. The Morgan fingerprint density at radius 1 is 1.64 bits per heavy atom. The van der Waals surface area contributed by atoms with Gasteiger partial charge in [0, 0.05) is 24.2 Å². The van der Waals surface area contributed by atoms with Gasteiger partial charge in [-0.2, -0.15) is 11.8 Å². The Hall–Kier alpha value is -0.410. The molecule has 4 heteroatoms. The molecule has 1 aromatic heterocycles. The zero-order valence-electron chi connectivity index (χ0n) is 8.46. The van der Waals surface area contributed by atoms with E-state index in [1.54, 1.807) is 12.4 Å². The Balaban J connectivity index is 2.35. The first-order valence-electron chi connectivity index (χ1n) is 4.60. The lowest BCUT2D eigenvalue weighted by Crippen LogP contribution is -2.07. The number of aromatic nitrogens is 1. The van der Waals surface area contributed by atoms with Crippen LogP contribution in [0.15, 0.2) is 18.5 Å². The zero-order valence-corrected chi connectivity index (χ0v) is 10.0. The van der Waals surface area contributed by atoms with Crippen LogP contribution in [-0.2, 0) is 0 Å². The summed E-state index contributed by atoms with van der Waals surface area (Å²) in [6.45, 7) is 3.17. The fraction of sp³-hybridized carbons (Fsp3) is 0.500. The molecule has 2 nitrogen and oxygen atoms in total. The van der Waals surface area contributed by atoms with Crippen LogP contribution in [0.1, 0.15) is 13.3 Å². The standard InChI is InChI=1S/C10H15ClN2S/c1-8(14-2)3-6-13-10-4-5-12-7-9(10)11/h4-5,7-8H,3,6H2,1-2H3,(H,12,13). The van der Waals surface area contributed by atoms with E-state index in [0.717, 1.165) is 18.7 Å². The molecule has 1 unspecified atom stereocenters. The van der Waals surface area contributed by atoms with Crippen molar-refractivity contribution in [3.63, 3.8) is 0 Å². The Bertz CT molecular complexity index is 281. The largest absolute Gasteiger partial charge is 0.384 e. The second kappa shape index (κ2) is 6.14. The summed E-state index contributed by atoms with van der Waals surface area (Å²) in [5.74, 6) is 0. The van der Waals surface area contributed by atoms with E-state index in [1.807, 2.05) is 17.8 Å². The Kier molecular flexibility index (Phi) is 5.12. The Morgan fingerprint density at radius 2 is 2.43 bits per heavy atom. The van der Waals surface area contributed by atoms with Gasteiger partial charge in [0.05, 0.1) is 10.7 Å². The van der Waals surface area contributed by atoms with E-state index >= 15 is 0 Å². The van der Waals surface area contributed by atoms with Crippen molar-refractivity contribution in [1.82, 2.24) is 4.98 Å².